The van der Waals surface area contributed by atoms with Crippen LogP contribution in [0.5, 0.6) is 0 Å². The smallest absolute Gasteiger partial charge is 0.273 e. The number of rotatable bonds is 9. The Morgan fingerprint density at radius 3 is 2.86 bits per heavy atom. The van der Waals surface area contributed by atoms with E-state index in [9.17, 15) is 4.79 Å². The first-order valence-corrected chi connectivity index (χ1v) is 10.0. The number of carbonyl (C=O) groups excluding carboxylic acids is 1. The zero-order valence-electron chi connectivity index (χ0n) is 17.1. The van der Waals surface area contributed by atoms with Gasteiger partial charge in [-0.3, -0.25) is 4.79 Å². The van der Waals surface area contributed by atoms with Crippen LogP contribution >= 0.6 is 0 Å². The molecule has 1 aliphatic rings. The van der Waals surface area contributed by atoms with E-state index in [0.29, 0.717) is 30.8 Å². The number of hydrogen-bond donors (Lipinski definition) is 1. The first kappa shape index (κ1) is 20.5. The Balaban J connectivity index is 1.42. The van der Waals surface area contributed by atoms with E-state index in [1.54, 1.807) is 13.3 Å². The Labute approximate surface area is 166 Å². The number of aromatic nitrogens is 3. The molecule has 1 saturated heterocycles. The van der Waals surface area contributed by atoms with Gasteiger partial charge in [-0.1, -0.05) is 12.1 Å². The Kier molecular flexibility index (Phi) is 7.22. The van der Waals surface area contributed by atoms with E-state index in [2.05, 4.69) is 33.5 Å². The average Bonchev–Trinajstić information content (AvgIpc) is 3.36. The monoisotopic (exact) mass is 389 g/mol. The zero-order valence-corrected chi connectivity index (χ0v) is 17.1. The maximum Gasteiger partial charge on any atom is 0.273 e. The van der Waals surface area contributed by atoms with E-state index in [4.69, 9.17) is 9.15 Å². The molecule has 0 bridgehead atoms. The minimum Gasteiger partial charge on any atom is -0.466 e. The van der Waals surface area contributed by atoms with E-state index in [0.717, 1.165) is 50.4 Å². The zero-order chi connectivity index (χ0) is 19.9. The number of ether oxygens (including phenoxy) is 1. The van der Waals surface area contributed by atoms with Gasteiger partial charge in [0.05, 0.1) is 18.8 Å². The van der Waals surface area contributed by atoms with E-state index < -0.39 is 0 Å². The van der Waals surface area contributed by atoms with Gasteiger partial charge in [0.2, 0.25) is 0 Å². The van der Waals surface area contributed by atoms with Crippen LogP contribution in [0.2, 0.25) is 0 Å². The summed E-state index contributed by atoms with van der Waals surface area (Å²) in [5.41, 5.74) is 0.362. The quantitative estimate of drug-likeness (QED) is 0.663. The Morgan fingerprint density at radius 2 is 2.18 bits per heavy atom. The van der Waals surface area contributed by atoms with Crippen molar-refractivity contribution in [1.82, 2.24) is 25.2 Å². The summed E-state index contributed by atoms with van der Waals surface area (Å²) in [6.07, 6.45) is 4.88. The number of piperidine rings is 1. The lowest BCUT2D eigenvalue weighted by Gasteiger charge is -2.32. The normalized spacial score (nSPS) is 17.0. The van der Waals surface area contributed by atoms with Gasteiger partial charge in [-0.15, -0.1) is 5.10 Å². The highest BCUT2D eigenvalue weighted by Gasteiger charge is 2.23. The molecule has 154 valence electrons. The molecular weight excluding hydrogens is 358 g/mol. The van der Waals surface area contributed by atoms with Gasteiger partial charge in [-0.25, -0.2) is 4.68 Å². The largest absolute Gasteiger partial charge is 0.466 e. The lowest BCUT2D eigenvalue weighted by atomic mass is 10.0. The van der Waals surface area contributed by atoms with Gasteiger partial charge >= 0.3 is 0 Å². The lowest BCUT2D eigenvalue weighted by Crippen LogP contribution is -2.35. The van der Waals surface area contributed by atoms with Crippen molar-refractivity contribution in [2.75, 3.05) is 39.9 Å². The summed E-state index contributed by atoms with van der Waals surface area (Å²) in [6, 6.07) is 4.41. The predicted octanol–water partition coefficient (Wildman–Crippen LogP) is 2.39. The van der Waals surface area contributed by atoms with Crippen molar-refractivity contribution in [2.24, 2.45) is 0 Å². The van der Waals surface area contributed by atoms with Crippen LogP contribution in [0.4, 0.5) is 0 Å². The molecular formula is C20H31N5O3. The van der Waals surface area contributed by atoms with Gasteiger partial charge in [0.25, 0.3) is 5.91 Å². The number of nitrogens with one attached hydrogen (secondary N) is 1. The molecule has 28 heavy (non-hydrogen) atoms. The summed E-state index contributed by atoms with van der Waals surface area (Å²) in [7, 11) is 1.60. The molecule has 8 nitrogen and oxygen atoms in total. The van der Waals surface area contributed by atoms with Gasteiger partial charge in [-0.2, -0.15) is 0 Å². The third-order valence-electron chi connectivity index (χ3n) is 5.39. The van der Waals surface area contributed by atoms with Crippen molar-refractivity contribution in [1.29, 1.82) is 0 Å². The second kappa shape index (κ2) is 9.84. The molecule has 2 aromatic heterocycles. The SMILES string of the molecule is COCCNC(=O)c1cn(C2CCN(CC[C@@H](C)c3ccc(C)o3)CC2)nn1. The number of methoxy groups -OCH3 is 1. The van der Waals surface area contributed by atoms with Crippen LogP contribution < -0.4 is 5.32 Å². The minimum absolute atomic E-state index is 0.206. The number of hydrogen-bond acceptors (Lipinski definition) is 6. The fourth-order valence-electron chi connectivity index (χ4n) is 3.56. The summed E-state index contributed by atoms with van der Waals surface area (Å²) in [4.78, 5) is 14.5. The second-order valence-electron chi connectivity index (χ2n) is 7.54. The van der Waals surface area contributed by atoms with Crippen molar-refractivity contribution >= 4 is 5.91 Å². The predicted molar refractivity (Wildman–Crippen MR) is 105 cm³/mol. The third-order valence-corrected chi connectivity index (χ3v) is 5.39. The molecule has 0 spiro atoms. The van der Waals surface area contributed by atoms with Crippen LogP contribution in [0.25, 0.3) is 0 Å². The maximum atomic E-state index is 12.0. The fourth-order valence-corrected chi connectivity index (χ4v) is 3.56. The first-order chi connectivity index (χ1) is 13.6. The number of carbonyl (C=O) groups is 1. The molecule has 8 heteroatoms. The van der Waals surface area contributed by atoms with Crippen LogP contribution in [0, 0.1) is 6.92 Å². The number of furan rings is 1. The first-order valence-electron chi connectivity index (χ1n) is 10.0. The highest BCUT2D eigenvalue weighted by Crippen LogP contribution is 2.25. The van der Waals surface area contributed by atoms with Crippen molar-refractivity contribution < 1.29 is 13.9 Å². The molecule has 0 aromatic carbocycles. The fraction of sp³-hybridized carbons (Fsp3) is 0.650. The molecule has 0 unspecified atom stereocenters. The summed E-state index contributed by atoms with van der Waals surface area (Å²) in [6.45, 7) is 8.29. The molecule has 1 amide bonds. The molecule has 3 rings (SSSR count). The molecule has 3 heterocycles. The van der Waals surface area contributed by atoms with E-state index in [-0.39, 0.29) is 5.91 Å². The maximum absolute atomic E-state index is 12.0. The lowest BCUT2D eigenvalue weighted by molar-refractivity contribution is 0.0932. The van der Waals surface area contributed by atoms with E-state index >= 15 is 0 Å². The Morgan fingerprint density at radius 1 is 1.39 bits per heavy atom. The molecule has 1 aliphatic heterocycles. The third kappa shape index (κ3) is 5.42. The molecule has 1 N–H and O–H groups in total. The minimum atomic E-state index is -0.206. The molecule has 0 radical (unpaired) electrons. The number of amides is 1. The molecule has 1 fully saturated rings. The van der Waals surface area contributed by atoms with Gasteiger partial charge in [0.1, 0.15) is 11.5 Å². The average molecular weight is 390 g/mol. The van der Waals surface area contributed by atoms with Gasteiger partial charge < -0.3 is 19.4 Å². The summed E-state index contributed by atoms with van der Waals surface area (Å²) in [5, 5.41) is 11.0. The van der Waals surface area contributed by atoms with Crippen LogP contribution in [0.3, 0.4) is 0 Å². The highest BCUT2D eigenvalue weighted by molar-refractivity contribution is 5.91. The number of likely N-dealkylation sites (tertiary alicyclic amines) is 1. The second-order valence-corrected chi connectivity index (χ2v) is 7.54. The number of nitrogens with zero attached hydrogens (tertiary/aromatic N) is 4. The van der Waals surface area contributed by atoms with E-state index in [1.165, 1.54) is 0 Å². The molecule has 1 atom stereocenters. The van der Waals surface area contributed by atoms with Gasteiger partial charge in [0, 0.05) is 32.7 Å². The van der Waals surface area contributed by atoms with Crippen LogP contribution in [-0.2, 0) is 4.74 Å². The topological polar surface area (TPSA) is 85.4 Å². The summed E-state index contributed by atoms with van der Waals surface area (Å²) < 4.78 is 12.5. The van der Waals surface area contributed by atoms with Crippen molar-refractivity contribution in [3.05, 3.63) is 35.5 Å². The van der Waals surface area contributed by atoms with Crippen LogP contribution in [-0.4, -0.2) is 65.7 Å². The Bertz CT molecular complexity index is 749. The molecule has 2 aromatic rings. The van der Waals surface area contributed by atoms with Crippen molar-refractivity contribution in [2.45, 2.75) is 45.1 Å². The highest BCUT2D eigenvalue weighted by atomic mass is 16.5. The van der Waals surface area contributed by atoms with Crippen molar-refractivity contribution in [3.63, 3.8) is 0 Å². The summed E-state index contributed by atoms with van der Waals surface area (Å²) in [5.74, 6) is 2.28. The van der Waals surface area contributed by atoms with Crippen LogP contribution in [0.1, 0.15) is 60.2 Å². The van der Waals surface area contributed by atoms with Crippen LogP contribution in [0.15, 0.2) is 22.7 Å². The Hall–Kier alpha value is -2.19. The number of aryl methyl sites for hydroxylation is 1. The van der Waals surface area contributed by atoms with E-state index in [1.807, 2.05) is 17.7 Å². The van der Waals surface area contributed by atoms with Gasteiger partial charge in [-0.05, 0) is 44.9 Å². The van der Waals surface area contributed by atoms with Crippen molar-refractivity contribution in [3.8, 4) is 0 Å². The molecule has 0 aliphatic carbocycles. The summed E-state index contributed by atoms with van der Waals surface area (Å²) >= 11 is 0. The standard InChI is InChI=1S/C20H31N5O3/c1-15(19-5-4-16(2)28-19)6-10-24-11-7-17(8-12-24)25-14-18(22-23-25)20(26)21-9-13-27-3/h4-5,14-15,17H,6-13H2,1-3H3,(H,21,26)/t15-/m1/s1. The molecule has 0 saturated carbocycles. The van der Waals surface area contributed by atoms with Gasteiger partial charge in [0.15, 0.2) is 5.69 Å².